The molecular weight excluding hydrogens is 302 g/mol. The van der Waals surface area contributed by atoms with Crippen LogP contribution >= 0.6 is 11.6 Å². The van der Waals surface area contributed by atoms with Gasteiger partial charge in [0.15, 0.2) is 5.82 Å². The molecule has 0 saturated heterocycles. The zero-order valence-corrected chi connectivity index (χ0v) is 12.6. The first kappa shape index (κ1) is 14.3. The third-order valence-electron chi connectivity index (χ3n) is 3.30. The lowest BCUT2D eigenvalue weighted by Gasteiger charge is -2.05. The van der Waals surface area contributed by atoms with E-state index in [1.54, 1.807) is 10.7 Å². The Morgan fingerprint density at radius 2 is 2.18 bits per heavy atom. The van der Waals surface area contributed by atoms with Crippen molar-refractivity contribution in [3.05, 3.63) is 64.6 Å². The number of aromatic nitrogens is 4. The number of aromatic amines is 1. The van der Waals surface area contributed by atoms with Crippen LogP contribution in [0.2, 0.25) is 5.02 Å². The summed E-state index contributed by atoms with van der Waals surface area (Å²) in [6.45, 7) is 2.70. The van der Waals surface area contributed by atoms with Gasteiger partial charge in [-0.15, -0.1) is 0 Å². The molecule has 0 aliphatic rings. The van der Waals surface area contributed by atoms with Gasteiger partial charge in [-0.3, -0.25) is 14.6 Å². The van der Waals surface area contributed by atoms with E-state index in [1.807, 2.05) is 18.3 Å². The van der Waals surface area contributed by atoms with Crippen LogP contribution in [-0.2, 0) is 6.54 Å². The number of hydrogen-bond acceptors (Lipinski definition) is 3. The summed E-state index contributed by atoms with van der Waals surface area (Å²) >= 11 is 5.85. The van der Waals surface area contributed by atoms with Crippen LogP contribution in [0.5, 0.6) is 0 Å². The molecule has 0 radical (unpaired) electrons. The lowest BCUT2D eigenvalue weighted by molar-refractivity contribution is 0.102. The van der Waals surface area contributed by atoms with Gasteiger partial charge in [0, 0.05) is 12.3 Å². The van der Waals surface area contributed by atoms with E-state index in [4.69, 9.17) is 11.6 Å². The van der Waals surface area contributed by atoms with Crippen molar-refractivity contribution in [1.82, 2.24) is 20.0 Å². The Labute approximate surface area is 132 Å². The van der Waals surface area contributed by atoms with Gasteiger partial charge in [-0.25, -0.2) is 0 Å². The second kappa shape index (κ2) is 6.03. The predicted octanol–water partition coefficient (Wildman–Crippen LogP) is 2.87. The normalized spacial score (nSPS) is 10.6. The maximum atomic E-state index is 12.0. The molecule has 2 heterocycles. The maximum Gasteiger partial charge on any atom is 0.276 e. The fraction of sp³-hybridized carbons (Fsp3) is 0.133. The Hall–Kier alpha value is -2.60. The van der Waals surface area contributed by atoms with Crippen molar-refractivity contribution in [2.24, 2.45) is 0 Å². The summed E-state index contributed by atoms with van der Waals surface area (Å²) < 4.78 is 1.77. The van der Waals surface area contributed by atoms with E-state index < -0.39 is 0 Å². The first-order valence-corrected chi connectivity index (χ1v) is 7.09. The number of H-pyrrole nitrogens is 1. The average Bonchev–Trinajstić information content (AvgIpc) is 3.10. The largest absolute Gasteiger partial charge is 0.304 e. The van der Waals surface area contributed by atoms with E-state index in [2.05, 4.69) is 39.7 Å². The highest BCUT2D eigenvalue weighted by molar-refractivity contribution is 6.34. The third-order valence-corrected chi connectivity index (χ3v) is 3.58. The van der Waals surface area contributed by atoms with Crippen molar-refractivity contribution in [3.63, 3.8) is 0 Å². The van der Waals surface area contributed by atoms with Crippen LogP contribution in [0.4, 0.5) is 5.82 Å². The Kier molecular flexibility index (Phi) is 3.93. The highest BCUT2D eigenvalue weighted by Gasteiger charge is 2.13. The van der Waals surface area contributed by atoms with Crippen LogP contribution in [0.15, 0.2) is 42.7 Å². The van der Waals surface area contributed by atoms with Gasteiger partial charge in [0.1, 0.15) is 5.69 Å². The molecule has 0 unspecified atom stereocenters. The second-order valence-electron chi connectivity index (χ2n) is 4.87. The first-order chi connectivity index (χ1) is 10.6. The molecule has 0 saturated carbocycles. The number of nitrogens with one attached hydrogen (secondary N) is 2. The van der Waals surface area contributed by atoms with E-state index in [1.165, 1.54) is 17.3 Å². The lowest BCUT2D eigenvalue weighted by atomic mass is 10.1. The summed E-state index contributed by atoms with van der Waals surface area (Å²) in [5, 5.41) is 13.6. The molecule has 0 aliphatic carbocycles. The number of amides is 1. The van der Waals surface area contributed by atoms with Gasteiger partial charge in [-0.05, 0) is 18.1 Å². The topological polar surface area (TPSA) is 75.6 Å². The van der Waals surface area contributed by atoms with Gasteiger partial charge in [0.25, 0.3) is 5.91 Å². The van der Waals surface area contributed by atoms with Crippen LogP contribution in [0.25, 0.3) is 0 Å². The van der Waals surface area contributed by atoms with Crippen molar-refractivity contribution in [2.45, 2.75) is 13.5 Å². The highest BCUT2D eigenvalue weighted by atomic mass is 35.5. The van der Waals surface area contributed by atoms with E-state index in [0.29, 0.717) is 12.4 Å². The van der Waals surface area contributed by atoms with E-state index in [-0.39, 0.29) is 16.6 Å². The zero-order valence-electron chi connectivity index (χ0n) is 11.9. The van der Waals surface area contributed by atoms with Gasteiger partial charge in [0.2, 0.25) is 0 Å². The number of rotatable bonds is 4. The average molecular weight is 316 g/mol. The SMILES string of the molecule is Cc1ccccc1Cn1ccc(NC(=O)c2[nH]ncc2Cl)n1. The fourth-order valence-electron chi connectivity index (χ4n) is 2.09. The summed E-state index contributed by atoms with van der Waals surface area (Å²) in [5.74, 6) is 0.0906. The second-order valence-corrected chi connectivity index (χ2v) is 5.28. The number of hydrogen-bond donors (Lipinski definition) is 2. The van der Waals surface area contributed by atoms with Crippen molar-refractivity contribution in [3.8, 4) is 0 Å². The Balaban J connectivity index is 1.70. The van der Waals surface area contributed by atoms with Crippen LogP contribution in [-0.4, -0.2) is 25.9 Å². The summed E-state index contributed by atoms with van der Waals surface area (Å²) in [6, 6.07) is 9.85. The Morgan fingerprint density at radius 3 is 2.91 bits per heavy atom. The molecule has 1 amide bonds. The molecule has 2 aromatic heterocycles. The molecule has 0 bridgehead atoms. The van der Waals surface area contributed by atoms with E-state index in [0.717, 1.165) is 0 Å². The smallest absolute Gasteiger partial charge is 0.276 e. The molecule has 22 heavy (non-hydrogen) atoms. The number of anilines is 1. The third kappa shape index (κ3) is 3.01. The minimum absolute atomic E-state index is 0.218. The zero-order chi connectivity index (χ0) is 15.5. The van der Waals surface area contributed by atoms with Gasteiger partial charge in [-0.2, -0.15) is 10.2 Å². The Morgan fingerprint density at radius 1 is 1.36 bits per heavy atom. The van der Waals surface area contributed by atoms with Crippen molar-refractivity contribution in [1.29, 1.82) is 0 Å². The molecule has 3 aromatic rings. The van der Waals surface area contributed by atoms with Crippen molar-refractivity contribution < 1.29 is 4.79 Å². The van der Waals surface area contributed by atoms with Gasteiger partial charge in [-0.1, -0.05) is 35.9 Å². The van der Waals surface area contributed by atoms with Crippen LogP contribution in [0, 0.1) is 6.92 Å². The van der Waals surface area contributed by atoms with Crippen LogP contribution in [0.1, 0.15) is 21.6 Å². The molecule has 0 atom stereocenters. The lowest BCUT2D eigenvalue weighted by Crippen LogP contribution is -2.14. The van der Waals surface area contributed by atoms with Crippen LogP contribution in [0.3, 0.4) is 0 Å². The molecular formula is C15H14ClN5O. The molecule has 1 aromatic carbocycles. The van der Waals surface area contributed by atoms with Crippen LogP contribution < -0.4 is 5.32 Å². The quantitative estimate of drug-likeness (QED) is 0.777. The minimum atomic E-state index is -0.372. The summed E-state index contributed by atoms with van der Waals surface area (Å²) in [5.41, 5.74) is 2.60. The number of carbonyl (C=O) groups excluding carboxylic acids is 1. The van der Waals surface area contributed by atoms with Gasteiger partial charge in [0.05, 0.1) is 17.8 Å². The first-order valence-electron chi connectivity index (χ1n) is 6.71. The number of benzene rings is 1. The van der Waals surface area contributed by atoms with Crippen molar-refractivity contribution in [2.75, 3.05) is 5.32 Å². The summed E-state index contributed by atoms with van der Waals surface area (Å²) in [6.07, 6.45) is 3.20. The Bertz CT molecular complexity index is 808. The molecule has 2 N–H and O–H groups in total. The minimum Gasteiger partial charge on any atom is -0.304 e. The molecule has 0 fully saturated rings. The number of nitrogens with zero attached hydrogens (tertiary/aromatic N) is 3. The predicted molar refractivity (Wildman–Crippen MR) is 84.1 cm³/mol. The van der Waals surface area contributed by atoms with Gasteiger partial charge >= 0.3 is 0 Å². The molecule has 7 heteroatoms. The van der Waals surface area contributed by atoms with E-state index >= 15 is 0 Å². The maximum absolute atomic E-state index is 12.0. The number of aryl methyl sites for hydroxylation is 1. The summed E-state index contributed by atoms with van der Waals surface area (Å²) in [4.78, 5) is 12.0. The molecule has 3 rings (SSSR count). The molecule has 0 aliphatic heterocycles. The molecule has 6 nitrogen and oxygen atoms in total. The van der Waals surface area contributed by atoms with Crippen molar-refractivity contribution >= 4 is 23.3 Å². The number of carbonyl (C=O) groups is 1. The fourth-order valence-corrected chi connectivity index (χ4v) is 2.26. The standard InChI is InChI=1S/C15H14ClN5O/c1-10-4-2-3-5-11(10)9-21-7-6-13(20-21)18-15(22)14-12(16)8-17-19-14/h2-8H,9H2,1H3,(H,17,19)(H,18,20,22). The molecule has 112 valence electrons. The summed E-state index contributed by atoms with van der Waals surface area (Å²) in [7, 11) is 0. The number of halogens is 1. The monoisotopic (exact) mass is 315 g/mol. The van der Waals surface area contributed by atoms with E-state index in [9.17, 15) is 4.79 Å². The molecule has 0 spiro atoms. The highest BCUT2D eigenvalue weighted by Crippen LogP contribution is 2.14. The van der Waals surface area contributed by atoms with Gasteiger partial charge < -0.3 is 5.32 Å².